The van der Waals surface area contributed by atoms with Crippen molar-refractivity contribution in [1.82, 2.24) is 5.32 Å². The topological polar surface area (TPSA) is 38.0 Å². The van der Waals surface area contributed by atoms with Crippen molar-refractivity contribution < 1.29 is 0 Å². The van der Waals surface area contributed by atoms with E-state index >= 15 is 0 Å². The summed E-state index contributed by atoms with van der Waals surface area (Å²) in [6.07, 6.45) is 8.35. The number of hydrogen-bond acceptors (Lipinski definition) is 2. The summed E-state index contributed by atoms with van der Waals surface area (Å²) >= 11 is 0. The molecule has 2 nitrogen and oxygen atoms in total. The first-order valence-electron chi connectivity index (χ1n) is 7.10. The van der Waals surface area contributed by atoms with Gasteiger partial charge in [0.05, 0.1) is 0 Å². The van der Waals surface area contributed by atoms with E-state index in [1.165, 1.54) is 45.1 Å². The first-order chi connectivity index (χ1) is 7.65. The summed E-state index contributed by atoms with van der Waals surface area (Å²) in [7, 11) is 0. The average Bonchev–Trinajstić information content (AvgIpc) is 2.12. The van der Waals surface area contributed by atoms with Gasteiger partial charge in [-0.1, -0.05) is 33.1 Å². The molecule has 0 saturated heterocycles. The summed E-state index contributed by atoms with van der Waals surface area (Å²) in [6.45, 7) is 6.67. The Balaban J connectivity index is 1.66. The molecule has 0 aromatic rings. The monoisotopic (exact) mass is 224 g/mol. The first-order valence-corrected chi connectivity index (χ1v) is 7.10. The molecule has 2 aliphatic rings. The molecule has 0 unspecified atom stereocenters. The number of hydrogen-bond donors (Lipinski definition) is 2. The second-order valence-electron chi connectivity index (χ2n) is 6.41. The predicted molar refractivity (Wildman–Crippen MR) is 69.3 cm³/mol. The Morgan fingerprint density at radius 3 is 2.44 bits per heavy atom. The normalized spacial score (nSPS) is 34.9. The zero-order chi connectivity index (χ0) is 11.6. The molecule has 0 aromatic heterocycles. The van der Waals surface area contributed by atoms with Crippen LogP contribution in [0.15, 0.2) is 0 Å². The standard InChI is InChI=1S/C14H28N2/c1-11(2)13-8-14(9-13,10-15)16-7-6-12-4-3-5-12/h11-13,16H,3-10,15H2,1-2H3. The molecule has 0 bridgehead atoms. The van der Waals surface area contributed by atoms with Crippen LogP contribution >= 0.6 is 0 Å². The molecule has 3 N–H and O–H groups in total. The van der Waals surface area contributed by atoms with E-state index in [9.17, 15) is 0 Å². The lowest BCUT2D eigenvalue weighted by atomic mass is 9.64. The summed E-state index contributed by atoms with van der Waals surface area (Å²) in [6, 6.07) is 0. The van der Waals surface area contributed by atoms with Crippen LogP contribution in [0.5, 0.6) is 0 Å². The van der Waals surface area contributed by atoms with E-state index < -0.39 is 0 Å². The Kier molecular flexibility index (Phi) is 3.91. The fourth-order valence-electron chi connectivity index (χ4n) is 3.12. The highest BCUT2D eigenvalue weighted by molar-refractivity contribution is 5.02. The minimum atomic E-state index is 0.304. The van der Waals surface area contributed by atoms with E-state index in [2.05, 4.69) is 19.2 Å². The number of nitrogens with two attached hydrogens (primary N) is 1. The average molecular weight is 224 g/mol. The minimum Gasteiger partial charge on any atom is -0.329 e. The van der Waals surface area contributed by atoms with E-state index in [4.69, 9.17) is 5.73 Å². The lowest BCUT2D eigenvalue weighted by molar-refractivity contribution is 0.0742. The van der Waals surface area contributed by atoms with Gasteiger partial charge in [0.1, 0.15) is 0 Å². The third kappa shape index (κ3) is 2.60. The van der Waals surface area contributed by atoms with Crippen LogP contribution in [-0.2, 0) is 0 Å². The molecule has 0 amide bonds. The molecule has 0 spiro atoms. The van der Waals surface area contributed by atoms with Gasteiger partial charge in [0.2, 0.25) is 0 Å². The van der Waals surface area contributed by atoms with Crippen LogP contribution in [0.4, 0.5) is 0 Å². The summed E-state index contributed by atoms with van der Waals surface area (Å²) in [5.74, 6) is 2.75. The second-order valence-corrected chi connectivity index (χ2v) is 6.41. The number of nitrogens with one attached hydrogen (secondary N) is 1. The third-order valence-electron chi connectivity index (χ3n) is 4.92. The van der Waals surface area contributed by atoms with Gasteiger partial charge in [-0.3, -0.25) is 0 Å². The fourth-order valence-corrected chi connectivity index (χ4v) is 3.12. The Labute approximate surface area is 100 Å². The van der Waals surface area contributed by atoms with E-state index in [1.54, 1.807) is 0 Å². The molecule has 2 saturated carbocycles. The van der Waals surface area contributed by atoms with Gasteiger partial charge in [-0.15, -0.1) is 0 Å². The van der Waals surface area contributed by atoms with E-state index in [0.29, 0.717) is 5.54 Å². The van der Waals surface area contributed by atoms with Gasteiger partial charge in [0.25, 0.3) is 0 Å². The molecule has 2 heteroatoms. The Hall–Kier alpha value is -0.0800. The highest BCUT2D eigenvalue weighted by Crippen LogP contribution is 2.41. The zero-order valence-electron chi connectivity index (χ0n) is 11.0. The van der Waals surface area contributed by atoms with Crippen molar-refractivity contribution in [3.05, 3.63) is 0 Å². The largest absolute Gasteiger partial charge is 0.329 e. The summed E-state index contributed by atoms with van der Waals surface area (Å²) in [4.78, 5) is 0. The second kappa shape index (κ2) is 5.05. The molecule has 0 heterocycles. The van der Waals surface area contributed by atoms with Crippen molar-refractivity contribution in [2.24, 2.45) is 23.5 Å². The molecule has 0 aliphatic heterocycles. The van der Waals surface area contributed by atoms with Crippen LogP contribution in [0, 0.1) is 17.8 Å². The Bertz CT molecular complexity index is 215. The van der Waals surface area contributed by atoms with E-state index in [-0.39, 0.29) is 0 Å². The lowest BCUT2D eigenvalue weighted by Gasteiger charge is -2.50. The van der Waals surface area contributed by atoms with E-state index in [1.807, 2.05) is 0 Å². The summed E-state index contributed by atoms with van der Waals surface area (Å²) in [5, 5.41) is 3.74. The highest BCUT2D eigenvalue weighted by atomic mass is 15.0. The van der Waals surface area contributed by atoms with Crippen molar-refractivity contribution in [3.63, 3.8) is 0 Å². The van der Waals surface area contributed by atoms with Gasteiger partial charge >= 0.3 is 0 Å². The van der Waals surface area contributed by atoms with Crippen molar-refractivity contribution >= 4 is 0 Å². The molecule has 2 aliphatic carbocycles. The van der Waals surface area contributed by atoms with Crippen molar-refractivity contribution in [3.8, 4) is 0 Å². The predicted octanol–water partition coefficient (Wildman–Crippen LogP) is 2.53. The van der Waals surface area contributed by atoms with Gasteiger partial charge in [0.15, 0.2) is 0 Å². The molecule has 94 valence electrons. The van der Waals surface area contributed by atoms with Crippen LogP contribution in [0.25, 0.3) is 0 Å². The summed E-state index contributed by atoms with van der Waals surface area (Å²) in [5.41, 5.74) is 6.24. The first kappa shape index (κ1) is 12.4. The zero-order valence-corrected chi connectivity index (χ0v) is 11.0. The molecule has 0 radical (unpaired) electrons. The quantitative estimate of drug-likeness (QED) is 0.727. The van der Waals surface area contributed by atoms with Gasteiger partial charge in [0, 0.05) is 12.1 Å². The van der Waals surface area contributed by atoms with Crippen LogP contribution in [-0.4, -0.2) is 18.6 Å². The van der Waals surface area contributed by atoms with E-state index in [0.717, 1.165) is 24.3 Å². The third-order valence-corrected chi connectivity index (χ3v) is 4.92. The highest BCUT2D eigenvalue weighted by Gasteiger charge is 2.43. The Morgan fingerprint density at radius 1 is 1.31 bits per heavy atom. The van der Waals surface area contributed by atoms with Gasteiger partial charge < -0.3 is 11.1 Å². The maximum Gasteiger partial charge on any atom is 0.0309 e. The van der Waals surface area contributed by atoms with Crippen LogP contribution in [0.1, 0.15) is 52.4 Å². The smallest absolute Gasteiger partial charge is 0.0309 e. The molecule has 0 aromatic carbocycles. The van der Waals surface area contributed by atoms with Crippen molar-refractivity contribution in [1.29, 1.82) is 0 Å². The van der Waals surface area contributed by atoms with Gasteiger partial charge in [-0.05, 0) is 43.6 Å². The molecule has 16 heavy (non-hydrogen) atoms. The SMILES string of the molecule is CC(C)C1CC(CN)(NCCC2CCC2)C1. The molecule has 0 atom stereocenters. The van der Waals surface area contributed by atoms with Crippen molar-refractivity contribution in [2.75, 3.05) is 13.1 Å². The number of rotatable bonds is 6. The minimum absolute atomic E-state index is 0.304. The van der Waals surface area contributed by atoms with Crippen LogP contribution in [0.3, 0.4) is 0 Å². The van der Waals surface area contributed by atoms with Crippen LogP contribution < -0.4 is 11.1 Å². The molecular formula is C14H28N2. The molecule has 2 fully saturated rings. The molecular weight excluding hydrogens is 196 g/mol. The summed E-state index contributed by atoms with van der Waals surface area (Å²) < 4.78 is 0. The van der Waals surface area contributed by atoms with Gasteiger partial charge in [-0.25, -0.2) is 0 Å². The fraction of sp³-hybridized carbons (Fsp3) is 1.00. The maximum absolute atomic E-state index is 5.93. The Morgan fingerprint density at radius 2 is 2.00 bits per heavy atom. The lowest BCUT2D eigenvalue weighted by Crippen LogP contribution is -2.61. The molecule has 2 rings (SSSR count). The van der Waals surface area contributed by atoms with Crippen LogP contribution in [0.2, 0.25) is 0 Å². The van der Waals surface area contributed by atoms with Crippen molar-refractivity contribution in [2.45, 2.75) is 57.9 Å². The van der Waals surface area contributed by atoms with Gasteiger partial charge in [-0.2, -0.15) is 0 Å². The maximum atomic E-state index is 5.93.